The maximum atomic E-state index is 9.24. The van der Waals surface area contributed by atoms with E-state index in [1.807, 2.05) is 0 Å². The second-order valence-corrected chi connectivity index (χ2v) is 6.48. The highest BCUT2D eigenvalue weighted by molar-refractivity contribution is 9.11. The van der Waals surface area contributed by atoms with Gasteiger partial charge in [0.1, 0.15) is 0 Å². The fraction of sp³-hybridized carbons (Fsp3) is 0.636. The molecule has 1 rings (SSSR count). The van der Waals surface area contributed by atoms with E-state index in [1.165, 1.54) is 9.35 Å². The average Bonchev–Trinajstić information content (AvgIpc) is 2.64. The Bertz CT molecular complexity index is 297. The topological polar surface area (TPSA) is 32.3 Å². The highest BCUT2D eigenvalue weighted by Gasteiger charge is 2.19. The number of thiophene rings is 1. The second kappa shape index (κ2) is 5.99. The predicted octanol–water partition coefficient (Wildman–Crippen LogP) is 3.01. The fourth-order valence-electron chi connectivity index (χ4n) is 1.24. The fourth-order valence-corrected chi connectivity index (χ4v) is 2.45. The van der Waals surface area contributed by atoms with Gasteiger partial charge in [-0.1, -0.05) is 13.8 Å². The van der Waals surface area contributed by atoms with Gasteiger partial charge in [0, 0.05) is 25.1 Å². The van der Waals surface area contributed by atoms with Crippen molar-refractivity contribution >= 4 is 27.3 Å². The van der Waals surface area contributed by atoms with Gasteiger partial charge in [-0.05, 0) is 39.4 Å². The number of hydrogen-bond donors (Lipinski definition) is 2. The van der Waals surface area contributed by atoms with Crippen LogP contribution in [0.1, 0.15) is 25.8 Å². The third-order valence-corrected chi connectivity index (χ3v) is 4.29. The van der Waals surface area contributed by atoms with E-state index in [4.69, 9.17) is 0 Å². The Balaban J connectivity index is 2.32. The Hall–Kier alpha value is 0.100. The summed E-state index contributed by atoms with van der Waals surface area (Å²) >= 11 is 5.14. The zero-order valence-corrected chi connectivity index (χ0v) is 11.6. The highest BCUT2D eigenvalue weighted by Crippen LogP contribution is 2.21. The molecule has 0 aliphatic carbocycles. The predicted molar refractivity (Wildman–Crippen MR) is 69.2 cm³/mol. The standard InChI is InChI=1S/C11H18BrNOS/c1-3-11(2,8-14)7-13-5-9-4-10(12)15-6-9/h4,6,13-14H,3,5,7-8H2,1-2H3. The van der Waals surface area contributed by atoms with E-state index in [0.29, 0.717) is 0 Å². The van der Waals surface area contributed by atoms with Gasteiger partial charge in [-0.2, -0.15) is 0 Å². The molecule has 4 heteroatoms. The lowest BCUT2D eigenvalue weighted by atomic mass is 9.88. The molecule has 1 aromatic heterocycles. The summed E-state index contributed by atoms with van der Waals surface area (Å²) in [6, 6.07) is 2.12. The zero-order chi connectivity index (χ0) is 11.3. The largest absolute Gasteiger partial charge is 0.396 e. The maximum absolute atomic E-state index is 9.24. The van der Waals surface area contributed by atoms with Crippen molar-refractivity contribution in [2.45, 2.75) is 26.8 Å². The molecule has 1 aromatic rings. The molecule has 1 atom stereocenters. The normalized spacial score (nSPS) is 15.2. The molecule has 1 unspecified atom stereocenters. The summed E-state index contributed by atoms with van der Waals surface area (Å²) in [5.74, 6) is 0. The van der Waals surface area contributed by atoms with E-state index in [-0.39, 0.29) is 12.0 Å². The molecule has 0 radical (unpaired) electrons. The second-order valence-electron chi connectivity index (χ2n) is 4.18. The van der Waals surface area contributed by atoms with Gasteiger partial charge in [0.2, 0.25) is 0 Å². The summed E-state index contributed by atoms with van der Waals surface area (Å²) in [5, 5.41) is 14.8. The first-order valence-corrected chi connectivity index (χ1v) is 6.81. The summed E-state index contributed by atoms with van der Waals surface area (Å²) in [6.07, 6.45) is 0.990. The summed E-state index contributed by atoms with van der Waals surface area (Å²) in [7, 11) is 0. The monoisotopic (exact) mass is 291 g/mol. The van der Waals surface area contributed by atoms with Crippen molar-refractivity contribution in [3.05, 3.63) is 20.8 Å². The molecule has 0 aliphatic rings. The molecule has 0 spiro atoms. The lowest BCUT2D eigenvalue weighted by Crippen LogP contribution is -2.33. The number of hydrogen-bond acceptors (Lipinski definition) is 3. The van der Waals surface area contributed by atoms with Crippen molar-refractivity contribution in [1.29, 1.82) is 0 Å². The van der Waals surface area contributed by atoms with Crippen LogP contribution in [-0.2, 0) is 6.54 Å². The van der Waals surface area contributed by atoms with Gasteiger partial charge in [0.15, 0.2) is 0 Å². The quantitative estimate of drug-likeness (QED) is 0.844. The van der Waals surface area contributed by atoms with Crippen LogP contribution in [0.4, 0.5) is 0 Å². The molecule has 0 saturated carbocycles. The Morgan fingerprint density at radius 2 is 2.33 bits per heavy atom. The van der Waals surface area contributed by atoms with Crippen molar-refractivity contribution in [1.82, 2.24) is 5.32 Å². The van der Waals surface area contributed by atoms with Gasteiger partial charge < -0.3 is 10.4 Å². The minimum atomic E-state index is 0.00720. The van der Waals surface area contributed by atoms with E-state index in [9.17, 15) is 5.11 Å². The molecular weight excluding hydrogens is 274 g/mol. The van der Waals surface area contributed by atoms with Crippen molar-refractivity contribution in [2.24, 2.45) is 5.41 Å². The third-order valence-electron chi connectivity index (χ3n) is 2.74. The molecule has 0 aromatic carbocycles. The molecule has 0 amide bonds. The van der Waals surface area contributed by atoms with Crippen LogP contribution in [0.15, 0.2) is 15.2 Å². The number of halogens is 1. The van der Waals surface area contributed by atoms with E-state index in [1.54, 1.807) is 11.3 Å². The van der Waals surface area contributed by atoms with Crippen LogP contribution < -0.4 is 5.32 Å². The molecule has 15 heavy (non-hydrogen) atoms. The Morgan fingerprint density at radius 1 is 1.60 bits per heavy atom. The van der Waals surface area contributed by atoms with Crippen molar-refractivity contribution in [2.75, 3.05) is 13.2 Å². The van der Waals surface area contributed by atoms with E-state index in [0.717, 1.165) is 19.5 Å². The van der Waals surface area contributed by atoms with Crippen LogP contribution in [0.2, 0.25) is 0 Å². The van der Waals surface area contributed by atoms with E-state index >= 15 is 0 Å². The molecule has 86 valence electrons. The average molecular weight is 292 g/mol. The molecule has 0 aliphatic heterocycles. The molecular formula is C11H18BrNOS. The Labute approximate surface area is 104 Å². The lowest BCUT2D eigenvalue weighted by Gasteiger charge is -2.25. The number of aliphatic hydroxyl groups excluding tert-OH is 1. The highest BCUT2D eigenvalue weighted by atomic mass is 79.9. The number of rotatable bonds is 6. The molecule has 0 bridgehead atoms. The van der Waals surface area contributed by atoms with Crippen LogP contribution in [0.25, 0.3) is 0 Å². The van der Waals surface area contributed by atoms with Crippen LogP contribution in [0.5, 0.6) is 0 Å². The van der Waals surface area contributed by atoms with E-state index in [2.05, 4.69) is 46.5 Å². The molecule has 0 fully saturated rings. The first kappa shape index (κ1) is 13.2. The maximum Gasteiger partial charge on any atom is 0.0701 e. The van der Waals surface area contributed by atoms with Crippen LogP contribution in [0.3, 0.4) is 0 Å². The van der Waals surface area contributed by atoms with Gasteiger partial charge in [-0.3, -0.25) is 0 Å². The lowest BCUT2D eigenvalue weighted by molar-refractivity contribution is 0.135. The molecule has 2 N–H and O–H groups in total. The molecule has 0 saturated heterocycles. The van der Waals surface area contributed by atoms with Gasteiger partial charge in [0.25, 0.3) is 0 Å². The summed E-state index contributed by atoms with van der Waals surface area (Å²) < 4.78 is 1.17. The van der Waals surface area contributed by atoms with E-state index < -0.39 is 0 Å². The molecule has 2 nitrogen and oxygen atoms in total. The van der Waals surface area contributed by atoms with Crippen molar-refractivity contribution in [3.8, 4) is 0 Å². The minimum Gasteiger partial charge on any atom is -0.396 e. The minimum absolute atomic E-state index is 0.00720. The van der Waals surface area contributed by atoms with Crippen LogP contribution >= 0.6 is 27.3 Å². The smallest absolute Gasteiger partial charge is 0.0701 e. The van der Waals surface area contributed by atoms with Gasteiger partial charge >= 0.3 is 0 Å². The van der Waals surface area contributed by atoms with Gasteiger partial charge in [-0.25, -0.2) is 0 Å². The Morgan fingerprint density at radius 3 is 2.80 bits per heavy atom. The van der Waals surface area contributed by atoms with Gasteiger partial charge in [-0.15, -0.1) is 11.3 Å². The number of aliphatic hydroxyl groups is 1. The summed E-state index contributed by atoms with van der Waals surface area (Å²) in [5.41, 5.74) is 1.30. The first-order valence-electron chi connectivity index (χ1n) is 5.14. The SMILES string of the molecule is CCC(C)(CO)CNCc1csc(Br)c1. The Kier molecular flexibility index (Phi) is 5.26. The van der Waals surface area contributed by atoms with Crippen LogP contribution in [0, 0.1) is 5.41 Å². The third kappa shape index (κ3) is 4.23. The van der Waals surface area contributed by atoms with Crippen LogP contribution in [-0.4, -0.2) is 18.3 Å². The van der Waals surface area contributed by atoms with Gasteiger partial charge in [0.05, 0.1) is 3.79 Å². The first-order chi connectivity index (χ1) is 7.09. The van der Waals surface area contributed by atoms with Crippen molar-refractivity contribution < 1.29 is 5.11 Å². The summed E-state index contributed by atoms with van der Waals surface area (Å²) in [6.45, 7) is 6.18. The zero-order valence-electron chi connectivity index (χ0n) is 9.22. The summed E-state index contributed by atoms with van der Waals surface area (Å²) in [4.78, 5) is 0. The number of nitrogens with one attached hydrogen (secondary N) is 1. The molecule has 1 heterocycles. The van der Waals surface area contributed by atoms with Crippen molar-refractivity contribution in [3.63, 3.8) is 0 Å².